The Morgan fingerprint density at radius 2 is 1.32 bits per heavy atom. The van der Waals surface area contributed by atoms with Gasteiger partial charge in [0, 0.05) is 22.5 Å². The molecule has 25 heavy (non-hydrogen) atoms. The zero-order chi connectivity index (χ0) is 18.2. The Labute approximate surface area is 161 Å². The molecule has 0 fully saturated rings. The van der Waals surface area contributed by atoms with Gasteiger partial charge in [0.2, 0.25) is 0 Å². The number of nitrogens with one attached hydrogen (secondary N) is 4. The molecule has 0 aliphatic carbocycles. The topological polar surface area (TPSA) is 66.6 Å². The van der Waals surface area contributed by atoms with Gasteiger partial charge in [-0.25, -0.2) is 0 Å². The quantitative estimate of drug-likeness (QED) is 0.462. The fourth-order valence-corrected chi connectivity index (χ4v) is 2.35. The third-order valence-corrected chi connectivity index (χ3v) is 3.69. The normalized spacial score (nSPS) is 9.72. The zero-order valence-corrected chi connectivity index (χ0v) is 15.9. The van der Waals surface area contributed by atoms with Crippen molar-refractivity contribution in [3.63, 3.8) is 0 Å². The molecule has 2 aromatic carbocycles. The van der Waals surface area contributed by atoms with Crippen LogP contribution in [-0.2, 0) is 0 Å². The minimum atomic E-state index is 0.340. The number of hydrogen-bond donors (Lipinski definition) is 4. The summed E-state index contributed by atoms with van der Waals surface area (Å²) in [5.74, 6) is 1.24. The molecule has 4 N–H and O–H groups in total. The van der Waals surface area contributed by atoms with Gasteiger partial charge in [0.15, 0.2) is 21.7 Å². The van der Waals surface area contributed by atoms with Gasteiger partial charge in [0.05, 0.1) is 14.2 Å². The van der Waals surface area contributed by atoms with Gasteiger partial charge in [0.25, 0.3) is 0 Å². The van der Waals surface area contributed by atoms with Crippen molar-refractivity contribution in [1.29, 1.82) is 0 Å². The minimum Gasteiger partial charge on any atom is -0.493 e. The van der Waals surface area contributed by atoms with E-state index >= 15 is 0 Å². The van der Waals surface area contributed by atoms with Crippen LogP contribution in [0.1, 0.15) is 0 Å². The van der Waals surface area contributed by atoms with Gasteiger partial charge >= 0.3 is 0 Å². The van der Waals surface area contributed by atoms with Crippen molar-refractivity contribution in [2.75, 3.05) is 24.9 Å². The van der Waals surface area contributed by atoms with E-state index in [1.54, 1.807) is 38.5 Å². The Morgan fingerprint density at radius 3 is 1.88 bits per heavy atom. The van der Waals surface area contributed by atoms with E-state index in [1.165, 1.54) is 0 Å². The Hall–Kier alpha value is -2.29. The average Bonchev–Trinajstić information content (AvgIpc) is 2.62. The smallest absolute Gasteiger partial charge is 0.189 e. The fourth-order valence-electron chi connectivity index (χ4n) is 1.89. The van der Waals surface area contributed by atoms with Gasteiger partial charge in [-0.2, -0.15) is 0 Å². The molecule has 0 aromatic heterocycles. The zero-order valence-electron chi connectivity index (χ0n) is 13.6. The predicted octanol–water partition coefficient (Wildman–Crippen LogP) is 3.55. The molecule has 0 atom stereocenters. The largest absolute Gasteiger partial charge is 0.493 e. The summed E-state index contributed by atoms with van der Waals surface area (Å²) < 4.78 is 10.4. The van der Waals surface area contributed by atoms with Crippen LogP contribution in [0.5, 0.6) is 11.5 Å². The number of anilines is 2. The Bertz CT molecular complexity index is 756. The van der Waals surface area contributed by atoms with E-state index < -0.39 is 0 Å². The van der Waals surface area contributed by atoms with Crippen molar-refractivity contribution >= 4 is 57.6 Å². The predicted molar refractivity (Wildman–Crippen MR) is 110 cm³/mol. The van der Waals surface area contributed by atoms with E-state index in [1.807, 2.05) is 18.2 Å². The van der Waals surface area contributed by atoms with E-state index in [4.69, 9.17) is 45.5 Å². The number of hydrazine groups is 1. The lowest BCUT2D eigenvalue weighted by Gasteiger charge is -2.15. The lowest BCUT2D eigenvalue weighted by molar-refractivity contribution is 0.355. The maximum atomic E-state index is 5.84. The average molecular weight is 397 g/mol. The van der Waals surface area contributed by atoms with Crippen molar-refractivity contribution in [1.82, 2.24) is 10.9 Å². The third-order valence-electron chi connectivity index (χ3n) is 3.03. The number of benzene rings is 2. The van der Waals surface area contributed by atoms with E-state index in [0.29, 0.717) is 26.7 Å². The second-order valence-corrected chi connectivity index (χ2v) is 5.99. The Morgan fingerprint density at radius 1 is 0.800 bits per heavy atom. The molecule has 2 rings (SSSR count). The van der Waals surface area contributed by atoms with Crippen LogP contribution >= 0.6 is 36.0 Å². The molecule has 0 aliphatic heterocycles. The molecule has 0 radical (unpaired) electrons. The molecule has 0 saturated heterocycles. The first-order chi connectivity index (χ1) is 12.0. The minimum absolute atomic E-state index is 0.340. The van der Waals surface area contributed by atoms with Crippen molar-refractivity contribution in [3.05, 3.63) is 47.5 Å². The van der Waals surface area contributed by atoms with Crippen molar-refractivity contribution < 1.29 is 9.47 Å². The number of halogens is 1. The molecule has 0 bridgehead atoms. The highest BCUT2D eigenvalue weighted by Gasteiger charge is 2.06. The molecule has 0 aliphatic rings. The summed E-state index contributed by atoms with van der Waals surface area (Å²) in [6.45, 7) is 0. The van der Waals surface area contributed by atoms with Crippen molar-refractivity contribution in [2.45, 2.75) is 0 Å². The molecular formula is C16H17ClN4O2S2. The number of rotatable bonds is 4. The van der Waals surface area contributed by atoms with Crippen LogP contribution in [0.4, 0.5) is 11.4 Å². The van der Waals surface area contributed by atoms with Gasteiger partial charge in [0.1, 0.15) is 0 Å². The molecule has 9 heteroatoms. The van der Waals surface area contributed by atoms with Crippen LogP contribution in [0.15, 0.2) is 42.5 Å². The molecule has 0 spiro atoms. The second kappa shape index (κ2) is 9.26. The highest BCUT2D eigenvalue weighted by Crippen LogP contribution is 2.29. The number of hydrogen-bond acceptors (Lipinski definition) is 4. The summed E-state index contributed by atoms with van der Waals surface area (Å²) >= 11 is 16.2. The molecule has 0 heterocycles. The van der Waals surface area contributed by atoms with E-state index in [0.717, 1.165) is 11.4 Å². The highest BCUT2D eigenvalue weighted by atomic mass is 35.5. The Kier molecular flexibility index (Phi) is 7.05. The first-order valence-corrected chi connectivity index (χ1v) is 8.33. The van der Waals surface area contributed by atoms with Crippen LogP contribution in [0, 0.1) is 0 Å². The summed E-state index contributed by atoms with van der Waals surface area (Å²) in [7, 11) is 3.15. The summed E-state index contributed by atoms with van der Waals surface area (Å²) in [6, 6.07) is 12.5. The molecule has 0 unspecified atom stereocenters. The first-order valence-electron chi connectivity index (χ1n) is 7.13. The van der Waals surface area contributed by atoms with E-state index in [9.17, 15) is 0 Å². The molecule has 0 amide bonds. The standard InChI is InChI=1S/C16H17ClN4O2S2/c1-22-13-8-7-12(9-14(13)23-2)19-16(25)21-20-15(24)18-11-5-3-10(17)4-6-11/h3-9H,1-2H3,(H2,18,20,24)(H2,19,21,25). The lowest BCUT2D eigenvalue weighted by atomic mass is 10.3. The highest BCUT2D eigenvalue weighted by molar-refractivity contribution is 7.81. The monoisotopic (exact) mass is 396 g/mol. The van der Waals surface area contributed by atoms with Gasteiger partial charge in [-0.15, -0.1) is 0 Å². The first kappa shape index (κ1) is 19.0. The summed E-state index contributed by atoms with van der Waals surface area (Å²) in [4.78, 5) is 0. The molecule has 2 aromatic rings. The van der Waals surface area contributed by atoms with Crippen LogP contribution < -0.4 is 31.0 Å². The number of ether oxygens (including phenoxy) is 2. The molecule has 132 valence electrons. The summed E-state index contributed by atoms with van der Waals surface area (Å²) in [6.07, 6.45) is 0. The van der Waals surface area contributed by atoms with E-state index in [-0.39, 0.29) is 0 Å². The van der Waals surface area contributed by atoms with Crippen molar-refractivity contribution in [3.8, 4) is 11.5 Å². The molecular weight excluding hydrogens is 380 g/mol. The summed E-state index contributed by atoms with van der Waals surface area (Å²) in [5, 5.41) is 7.36. The van der Waals surface area contributed by atoms with Gasteiger partial charge in [-0.05, 0) is 60.8 Å². The van der Waals surface area contributed by atoms with Crippen LogP contribution in [0.25, 0.3) is 0 Å². The third kappa shape index (κ3) is 5.93. The number of thiocarbonyl (C=S) groups is 2. The fraction of sp³-hybridized carbons (Fsp3) is 0.125. The van der Waals surface area contributed by atoms with Gasteiger partial charge in [-0.1, -0.05) is 11.6 Å². The Balaban J connectivity index is 1.84. The van der Waals surface area contributed by atoms with Crippen LogP contribution in [0.3, 0.4) is 0 Å². The van der Waals surface area contributed by atoms with Gasteiger partial charge < -0.3 is 20.1 Å². The molecule has 6 nitrogen and oxygen atoms in total. The molecule has 0 saturated carbocycles. The summed E-state index contributed by atoms with van der Waals surface area (Å²) in [5.41, 5.74) is 7.14. The van der Waals surface area contributed by atoms with Crippen LogP contribution in [0.2, 0.25) is 5.02 Å². The maximum Gasteiger partial charge on any atom is 0.189 e. The van der Waals surface area contributed by atoms with Crippen LogP contribution in [-0.4, -0.2) is 24.4 Å². The second-order valence-electron chi connectivity index (χ2n) is 4.73. The van der Waals surface area contributed by atoms with Gasteiger partial charge in [-0.3, -0.25) is 10.9 Å². The number of methoxy groups -OCH3 is 2. The maximum absolute atomic E-state index is 5.84. The lowest BCUT2D eigenvalue weighted by Crippen LogP contribution is -2.45. The van der Waals surface area contributed by atoms with Crippen molar-refractivity contribution in [2.24, 2.45) is 0 Å². The van der Waals surface area contributed by atoms with E-state index in [2.05, 4.69) is 21.5 Å². The SMILES string of the molecule is COc1ccc(NC(=S)NNC(=S)Nc2ccc(Cl)cc2)cc1OC.